The topological polar surface area (TPSA) is 84.8 Å². The van der Waals surface area contributed by atoms with Crippen molar-refractivity contribution in [3.05, 3.63) is 34.5 Å². The van der Waals surface area contributed by atoms with E-state index in [0.717, 1.165) is 0 Å². The molecule has 8 heteroatoms. The number of aromatic nitrogens is 3. The Morgan fingerprint density at radius 1 is 1.50 bits per heavy atom. The van der Waals surface area contributed by atoms with Crippen LogP contribution in [0.4, 0.5) is 5.82 Å². The van der Waals surface area contributed by atoms with Crippen molar-refractivity contribution in [2.75, 3.05) is 6.54 Å². The van der Waals surface area contributed by atoms with Gasteiger partial charge in [0.05, 0.1) is 0 Å². The maximum atomic E-state index is 12.0. The third-order valence-electron chi connectivity index (χ3n) is 2.97. The molecule has 0 spiro atoms. The van der Waals surface area contributed by atoms with Crippen LogP contribution in [0.2, 0.25) is 0 Å². The van der Waals surface area contributed by atoms with Crippen LogP contribution in [0.1, 0.15) is 17.3 Å². The quantitative estimate of drug-likeness (QED) is 0.724. The van der Waals surface area contributed by atoms with Crippen LogP contribution in [0, 0.1) is 0 Å². The highest BCUT2D eigenvalue weighted by Crippen LogP contribution is 2.25. The Balaban J connectivity index is 2.14. The summed E-state index contributed by atoms with van der Waals surface area (Å²) in [7, 11) is 0. The standard InChI is InChI=1S/C14H12BrN5O2/c1-3-17-14(21)8-6-11(16-2)20-12(7-8)18-13(19-20)9-4-5-10(15)22-9/h4-7H,2-3H2,1H3,(H,17,21). The van der Waals surface area contributed by atoms with Crippen molar-refractivity contribution in [2.24, 2.45) is 4.99 Å². The minimum atomic E-state index is -0.194. The highest BCUT2D eigenvalue weighted by molar-refractivity contribution is 9.10. The van der Waals surface area contributed by atoms with E-state index >= 15 is 0 Å². The Labute approximate surface area is 134 Å². The summed E-state index contributed by atoms with van der Waals surface area (Å²) in [5.74, 6) is 1.16. The highest BCUT2D eigenvalue weighted by Gasteiger charge is 2.15. The van der Waals surface area contributed by atoms with Crippen molar-refractivity contribution >= 4 is 40.0 Å². The van der Waals surface area contributed by atoms with Crippen LogP contribution in [0.25, 0.3) is 17.2 Å². The van der Waals surface area contributed by atoms with Gasteiger partial charge >= 0.3 is 0 Å². The van der Waals surface area contributed by atoms with E-state index in [1.165, 1.54) is 4.52 Å². The van der Waals surface area contributed by atoms with E-state index in [2.05, 4.69) is 43.0 Å². The molecule has 3 aromatic rings. The highest BCUT2D eigenvalue weighted by atomic mass is 79.9. The molecular formula is C14H12BrN5O2. The predicted molar refractivity (Wildman–Crippen MR) is 85.6 cm³/mol. The SMILES string of the molecule is C=Nc1cc(C(=O)NCC)cc2nc(-c3ccc(Br)o3)nn12. The molecule has 22 heavy (non-hydrogen) atoms. The molecule has 3 heterocycles. The van der Waals surface area contributed by atoms with Gasteiger partial charge < -0.3 is 9.73 Å². The van der Waals surface area contributed by atoms with Crippen LogP contribution >= 0.6 is 15.9 Å². The third-order valence-corrected chi connectivity index (χ3v) is 3.40. The van der Waals surface area contributed by atoms with Gasteiger partial charge in [0.2, 0.25) is 5.82 Å². The number of nitrogens with one attached hydrogen (secondary N) is 1. The summed E-state index contributed by atoms with van der Waals surface area (Å²) in [6.07, 6.45) is 0. The second-order valence-electron chi connectivity index (χ2n) is 4.43. The lowest BCUT2D eigenvalue weighted by atomic mass is 10.2. The Hall–Kier alpha value is -2.48. The van der Waals surface area contributed by atoms with Gasteiger partial charge in [-0.15, -0.1) is 5.10 Å². The lowest BCUT2D eigenvalue weighted by Gasteiger charge is -2.04. The maximum absolute atomic E-state index is 12.0. The molecule has 0 fully saturated rings. The van der Waals surface area contributed by atoms with Gasteiger partial charge in [0, 0.05) is 12.1 Å². The molecule has 3 aromatic heterocycles. The molecule has 0 aliphatic heterocycles. The summed E-state index contributed by atoms with van der Waals surface area (Å²) in [4.78, 5) is 20.3. The van der Waals surface area contributed by atoms with Gasteiger partial charge in [-0.05, 0) is 53.8 Å². The zero-order chi connectivity index (χ0) is 15.7. The number of pyridine rings is 1. The van der Waals surface area contributed by atoms with Gasteiger partial charge in [-0.1, -0.05) is 0 Å². The van der Waals surface area contributed by atoms with Crippen LogP contribution in [-0.2, 0) is 0 Å². The minimum absolute atomic E-state index is 0.194. The Morgan fingerprint density at radius 3 is 2.95 bits per heavy atom. The van der Waals surface area contributed by atoms with Crippen molar-refractivity contribution in [2.45, 2.75) is 6.92 Å². The van der Waals surface area contributed by atoms with Gasteiger partial charge in [0.1, 0.15) is 0 Å². The van der Waals surface area contributed by atoms with Crippen molar-refractivity contribution in [3.63, 3.8) is 0 Å². The van der Waals surface area contributed by atoms with Crippen molar-refractivity contribution in [3.8, 4) is 11.6 Å². The van der Waals surface area contributed by atoms with Gasteiger partial charge in [-0.25, -0.2) is 9.98 Å². The number of hydrogen-bond acceptors (Lipinski definition) is 5. The number of rotatable bonds is 4. The van der Waals surface area contributed by atoms with Gasteiger partial charge in [0.15, 0.2) is 21.9 Å². The molecule has 0 unspecified atom stereocenters. The molecule has 7 nitrogen and oxygen atoms in total. The number of amides is 1. The number of carbonyl (C=O) groups excluding carboxylic acids is 1. The molecule has 0 saturated carbocycles. The summed E-state index contributed by atoms with van der Waals surface area (Å²) in [6, 6.07) is 6.77. The fraction of sp³-hybridized carbons (Fsp3) is 0.143. The van der Waals surface area contributed by atoms with E-state index in [-0.39, 0.29) is 5.91 Å². The van der Waals surface area contributed by atoms with Crippen molar-refractivity contribution < 1.29 is 9.21 Å². The zero-order valence-electron chi connectivity index (χ0n) is 11.7. The Morgan fingerprint density at radius 2 is 2.32 bits per heavy atom. The van der Waals surface area contributed by atoms with Crippen LogP contribution in [0.15, 0.2) is 38.3 Å². The molecule has 0 atom stereocenters. The molecule has 1 N–H and O–H groups in total. The largest absolute Gasteiger partial charge is 0.446 e. The molecule has 0 aromatic carbocycles. The normalized spacial score (nSPS) is 10.8. The van der Waals surface area contributed by atoms with E-state index in [0.29, 0.717) is 39.8 Å². The molecule has 0 aliphatic rings. The predicted octanol–water partition coefficient (Wildman–Crippen LogP) is 2.83. The number of aliphatic imine (C=N–C) groups is 1. The maximum Gasteiger partial charge on any atom is 0.251 e. The van der Waals surface area contributed by atoms with E-state index in [1.807, 2.05) is 6.92 Å². The van der Waals surface area contributed by atoms with E-state index < -0.39 is 0 Å². The van der Waals surface area contributed by atoms with Crippen molar-refractivity contribution in [1.29, 1.82) is 0 Å². The number of hydrogen-bond donors (Lipinski definition) is 1. The summed E-state index contributed by atoms with van der Waals surface area (Å²) < 4.78 is 7.55. The molecule has 112 valence electrons. The monoisotopic (exact) mass is 361 g/mol. The second kappa shape index (κ2) is 5.72. The Bertz CT molecular complexity index is 867. The van der Waals surface area contributed by atoms with Crippen LogP contribution in [-0.4, -0.2) is 33.8 Å². The molecule has 1 amide bonds. The van der Waals surface area contributed by atoms with Gasteiger partial charge in [-0.2, -0.15) is 4.52 Å². The van der Waals surface area contributed by atoms with Crippen molar-refractivity contribution in [1.82, 2.24) is 19.9 Å². The number of carbonyl (C=O) groups is 1. The van der Waals surface area contributed by atoms with Crippen LogP contribution in [0.5, 0.6) is 0 Å². The summed E-state index contributed by atoms with van der Waals surface area (Å²) in [5, 5.41) is 7.08. The fourth-order valence-corrected chi connectivity index (χ4v) is 2.32. The molecular weight excluding hydrogens is 350 g/mol. The second-order valence-corrected chi connectivity index (χ2v) is 5.21. The number of fused-ring (bicyclic) bond motifs is 1. The third kappa shape index (κ3) is 2.52. The van der Waals surface area contributed by atoms with Gasteiger partial charge in [0.25, 0.3) is 5.91 Å². The lowest BCUT2D eigenvalue weighted by molar-refractivity contribution is 0.0956. The van der Waals surface area contributed by atoms with E-state index in [4.69, 9.17) is 4.42 Å². The number of nitrogens with zero attached hydrogens (tertiary/aromatic N) is 4. The first kappa shape index (κ1) is 14.5. The van der Waals surface area contributed by atoms with Crippen LogP contribution < -0.4 is 5.32 Å². The van der Waals surface area contributed by atoms with Crippen LogP contribution in [0.3, 0.4) is 0 Å². The first-order valence-electron chi connectivity index (χ1n) is 6.54. The molecule has 0 aliphatic carbocycles. The zero-order valence-corrected chi connectivity index (χ0v) is 13.3. The molecule has 3 rings (SSSR count). The summed E-state index contributed by atoms with van der Waals surface area (Å²) in [6.45, 7) is 5.91. The van der Waals surface area contributed by atoms with Gasteiger partial charge in [-0.3, -0.25) is 4.79 Å². The summed E-state index contributed by atoms with van der Waals surface area (Å²) >= 11 is 3.24. The number of halogens is 1. The average molecular weight is 362 g/mol. The average Bonchev–Trinajstić information content (AvgIpc) is 3.12. The molecule has 0 bridgehead atoms. The number of furan rings is 1. The first-order chi connectivity index (χ1) is 10.6. The smallest absolute Gasteiger partial charge is 0.251 e. The molecule has 0 radical (unpaired) electrons. The fourth-order valence-electron chi connectivity index (χ4n) is 2.01. The lowest BCUT2D eigenvalue weighted by Crippen LogP contribution is -2.22. The molecule has 0 saturated heterocycles. The van der Waals surface area contributed by atoms with E-state index in [9.17, 15) is 4.79 Å². The van der Waals surface area contributed by atoms with E-state index in [1.54, 1.807) is 24.3 Å². The minimum Gasteiger partial charge on any atom is -0.446 e. The first-order valence-corrected chi connectivity index (χ1v) is 7.33. The Kier molecular flexibility index (Phi) is 3.76. The summed E-state index contributed by atoms with van der Waals surface area (Å²) in [5.41, 5.74) is 0.949.